The fraction of sp³-hybridized carbons (Fsp3) is 0.400. The molecular formula is C20H26N2O. The Morgan fingerprint density at radius 3 is 2.70 bits per heavy atom. The summed E-state index contributed by atoms with van der Waals surface area (Å²) >= 11 is 0. The Morgan fingerprint density at radius 1 is 1.22 bits per heavy atom. The predicted octanol–water partition coefficient (Wildman–Crippen LogP) is 4.86. The van der Waals surface area contributed by atoms with E-state index in [0.29, 0.717) is 12.3 Å². The Balaban J connectivity index is 2.01. The number of nitrogens with one attached hydrogen (secondary N) is 1. The first-order valence-electron chi connectivity index (χ1n) is 8.43. The van der Waals surface area contributed by atoms with Crippen molar-refractivity contribution >= 4 is 11.6 Å². The first-order valence-corrected chi connectivity index (χ1v) is 8.43. The van der Waals surface area contributed by atoms with Gasteiger partial charge >= 0.3 is 0 Å². The fourth-order valence-electron chi connectivity index (χ4n) is 2.80. The van der Waals surface area contributed by atoms with E-state index in [0.717, 1.165) is 23.4 Å². The maximum atomic E-state index is 12.2. The number of carbonyl (C=O) groups is 1. The van der Waals surface area contributed by atoms with Crippen molar-refractivity contribution in [3.05, 3.63) is 59.4 Å². The van der Waals surface area contributed by atoms with Gasteiger partial charge in [-0.2, -0.15) is 0 Å². The highest BCUT2D eigenvalue weighted by molar-refractivity contribution is 5.92. The second kappa shape index (κ2) is 8.47. The third kappa shape index (κ3) is 5.20. The molecule has 23 heavy (non-hydrogen) atoms. The molecule has 0 saturated carbocycles. The van der Waals surface area contributed by atoms with Crippen LogP contribution in [0.1, 0.15) is 55.8 Å². The van der Waals surface area contributed by atoms with Crippen molar-refractivity contribution in [2.24, 2.45) is 0 Å². The molecule has 1 aromatic carbocycles. The largest absolute Gasteiger partial charge is 0.326 e. The van der Waals surface area contributed by atoms with Gasteiger partial charge in [-0.15, -0.1) is 0 Å². The van der Waals surface area contributed by atoms with Crippen molar-refractivity contribution in [3.63, 3.8) is 0 Å². The standard InChI is InChI=1S/C20H26N2O/c1-4-7-16(5-2)17-8-6-9-19(12-17)22-20(23)13-18-11-10-15(3)14-21-18/h6,8-12,14,16H,4-5,7,13H2,1-3H3,(H,22,23). The second-order valence-electron chi connectivity index (χ2n) is 6.07. The number of pyridine rings is 1. The molecule has 1 N–H and O–H groups in total. The van der Waals surface area contributed by atoms with E-state index in [4.69, 9.17) is 0 Å². The zero-order chi connectivity index (χ0) is 16.7. The number of rotatable bonds is 7. The van der Waals surface area contributed by atoms with Crippen LogP contribution in [0, 0.1) is 6.92 Å². The van der Waals surface area contributed by atoms with E-state index in [2.05, 4.69) is 36.3 Å². The minimum absolute atomic E-state index is 0.0259. The average Bonchev–Trinajstić information content (AvgIpc) is 2.55. The first kappa shape index (κ1) is 17.2. The molecular weight excluding hydrogens is 284 g/mol. The van der Waals surface area contributed by atoms with E-state index in [1.807, 2.05) is 31.2 Å². The number of carbonyl (C=O) groups excluding carboxylic acids is 1. The summed E-state index contributed by atoms with van der Waals surface area (Å²) in [6.07, 6.45) is 5.57. The molecule has 0 aliphatic rings. The zero-order valence-electron chi connectivity index (χ0n) is 14.3. The van der Waals surface area contributed by atoms with Crippen molar-refractivity contribution < 1.29 is 4.79 Å². The average molecular weight is 310 g/mol. The molecule has 2 rings (SSSR count). The van der Waals surface area contributed by atoms with E-state index in [1.54, 1.807) is 6.20 Å². The topological polar surface area (TPSA) is 42.0 Å². The van der Waals surface area contributed by atoms with Crippen LogP contribution in [0.2, 0.25) is 0 Å². The molecule has 3 nitrogen and oxygen atoms in total. The molecule has 1 heterocycles. The van der Waals surface area contributed by atoms with Crippen molar-refractivity contribution in [2.75, 3.05) is 5.32 Å². The number of amides is 1. The maximum Gasteiger partial charge on any atom is 0.230 e. The highest BCUT2D eigenvalue weighted by Crippen LogP contribution is 2.26. The monoisotopic (exact) mass is 310 g/mol. The number of anilines is 1. The van der Waals surface area contributed by atoms with Crippen LogP contribution in [0.15, 0.2) is 42.6 Å². The minimum atomic E-state index is -0.0259. The van der Waals surface area contributed by atoms with Crippen molar-refractivity contribution in [2.45, 2.75) is 52.4 Å². The molecule has 3 heteroatoms. The molecule has 0 bridgehead atoms. The summed E-state index contributed by atoms with van der Waals surface area (Å²) in [5, 5.41) is 2.99. The number of hydrogen-bond acceptors (Lipinski definition) is 2. The van der Waals surface area contributed by atoms with Crippen molar-refractivity contribution in [1.29, 1.82) is 0 Å². The van der Waals surface area contributed by atoms with Crippen molar-refractivity contribution in [3.8, 4) is 0 Å². The third-order valence-corrected chi connectivity index (χ3v) is 4.09. The lowest BCUT2D eigenvalue weighted by Crippen LogP contribution is -2.15. The Bertz CT molecular complexity index is 634. The number of hydrogen-bond donors (Lipinski definition) is 1. The first-order chi connectivity index (χ1) is 11.1. The van der Waals surface area contributed by atoms with Gasteiger partial charge in [0.15, 0.2) is 0 Å². The van der Waals surface area contributed by atoms with E-state index in [9.17, 15) is 4.79 Å². The lowest BCUT2D eigenvalue weighted by atomic mass is 9.92. The summed E-state index contributed by atoms with van der Waals surface area (Å²) in [5.74, 6) is 0.540. The summed E-state index contributed by atoms with van der Waals surface area (Å²) in [4.78, 5) is 16.5. The molecule has 2 aromatic rings. The molecule has 1 atom stereocenters. The molecule has 1 aromatic heterocycles. The number of aryl methyl sites for hydroxylation is 1. The normalized spacial score (nSPS) is 12.0. The number of nitrogens with zero attached hydrogens (tertiary/aromatic N) is 1. The lowest BCUT2D eigenvalue weighted by Gasteiger charge is -2.15. The Kier molecular flexibility index (Phi) is 6.33. The molecule has 0 radical (unpaired) electrons. The van der Waals surface area contributed by atoms with Crippen LogP contribution in [-0.2, 0) is 11.2 Å². The molecule has 0 aliphatic carbocycles. The van der Waals surface area contributed by atoms with E-state index < -0.39 is 0 Å². The summed E-state index contributed by atoms with van der Waals surface area (Å²) in [7, 11) is 0. The van der Waals surface area contributed by atoms with Crippen molar-refractivity contribution in [1.82, 2.24) is 4.98 Å². The van der Waals surface area contributed by atoms with Gasteiger partial charge in [0.2, 0.25) is 5.91 Å². The Hall–Kier alpha value is -2.16. The highest BCUT2D eigenvalue weighted by Gasteiger charge is 2.10. The summed E-state index contributed by atoms with van der Waals surface area (Å²) in [5.41, 5.74) is 4.07. The van der Waals surface area contributed by atoms with Crippen LogP contribution < -0.4 is 5.32 Å². The van der Waals surface area contributed by atoms with Crippen LogP contribution in [-0.4, -0.2) is 10.9 Å². The summed E-state index contributed by atoms with van der Waals surface area (Å²) in [6, 6.07) is 12.1. The van der Waals surface area contributed by atoms with Gasteiger partial charge in [-0.05, 0) is 55.0 Å². The van der Waals surface area contributed by atoms with Gasteiger partial charge in [0, 0.05) is 17.6 Å². The fourth-order valence-corrected chi connectivity index (χ4v) is 2.80. The molecule has 0 fully saturated rings. The quantitative estimate of drug-likeness (QED) is 0.793. The van der Waals surface area contributed by atoms with Gasteiger partial charge in [-0.1, -0.05) is 38.5 Å². The Labute approximate surface area is 139 Å². The zero-order valence-corrected chi connectivity index (χ0v) is 14.3. The molecule has 122 valence electrons. The molecule has 0 saturated heterocycles. The minimum Gasteiger partial charge on any atom is -0.326 e. The molecule has 1 amide bonds. The predicted molar refractivity (Wildman–Crippen MR) is 95.7 cm³/mol. The molecule has 0 aliphatic heterocycles. The van der Waals surface area contributed by atoms with Gasteiger partial charge in [-0.25, -0.2) is 0 Å². The van der Waals surface area contributed by atoms with E-state index in [-0.39, 0.29) is 5.91 Å². The van der Waals surface area contributed by atoms with Gasteiger partial charge in [0.1, 0.15) is 0 Å². The number of benzene rings is 1. The van der Waals surface area contributed by atoms with Gasteiger partial charge in [0.25, 0.3) is 0 Å². The number of aromatic nitrogens is 1. The van der Waals surface area contributed by atoms with E-state index >= 15 is 0 Å². The third-order valence-electron chi connectivity index (χ3n) is 4.09. The Morgan fingerprint density at radius 2 is 2.04 bits per heavy atom. The van der Waals surface area contributed by atoms with E-state index in [1.165, 1.54) is 18.4 Å². The van der Waals surface area contributed by atoms with Crippen LogP contribution in [0.4, 0.5) is 5.69 Å². The lowest BCUT2D eigenvalue weighted by molar-refractivity contribution is -0.115. The van der Waals surface area contributed by atoms with Gasteiger partial charge in [0.05, 0.1) is 6.42 Å². The SMILES string of the molecule is CCCC(CC)c1cccc(NC(=O)Cc2ccc(C)cn2)c1. The smallest absolute Gasteiger partial charge is 0.230 e. The van der Waals surface area contributed by atoms with Gasteiger partial charge in [-0.3, -0.25) is 9.78 Å². The second-order valence-corrected chi connectivity index (χ2v) is 6.07. The van der Waals surface area contributed by atoms with Crippen LogP contribution in [0.3, 0.4) is 0 Å². The summed E-state index contributed by atoms with van der Waals surface area (Å²) < 4.78 is 0. The molecule has 0 spiro atoms. The van der Waals surface area contributed by atoms with Crippen LogP contribution in [0.25, 0.3) is 0 Å². The van der Waals surface area contributed by atoms with Crippen LogP contribution in [0.5, 0.6) is 0 Å². The highest BCUT2D eigenvalue weighted by atomic mass is 16.1. The van der Waals surface area contributed by atoms with Crippen LogP contribution >= 0.6 is 0 Å². The maximum absolute atomic E-state index is 12.2. The summed E-state index contributed by atoms with van der Waals surface area (Å²) in [6.45, 7) is 6.42. The molecule has 1 unspecified atom stereocenters. The van der Waals surface area contributed by atoms with Gasteiger partial charge < -0.3 is 5.32 Å².